The fourth-order valence-corrected chi connectivity index (χ4v) is 3.84. The van der Waals surface area contributed by atoms with E-state index in [0.29, 0.717) is 6.42 Å². The van der Waals surface area contributed by atoms with Crippen molar-refractivity contribution in [3.63, 3.8) is 0 Å². The predicted molar refractivity (Wildman–Crippen MR) is 73.5 cm³/mol. The molecule has 0 aromatic carbocycles. The molecule has 104 valence electrons. The first-order valence-electron chi connectivity index (χ1n) is 5.98. The van der Waals surface area contributed by atoms with Crippen LogP contribution in [0.1, 0.15) is 18.3 Å². The van der Waals surface area contributed by atoms with Crippen LogP contribution in [0, 0.1) is 6.92 Å². The van der Waals surface area contributed by atoms with Gasteiger partial charge in [0, 0.05) is 6.42 Å². The van der Waals surface area contributed by atoms with Gasteiger partial charge in [-0.3, -0.25) is 4.57 Å². The van der Waals surface area contributed by atoms with Gasteiger partial charge in [0.05, 0.1) is 18.4 Å². The highest BCUT2D eigenvalue weighted by Crippen LogP contribution is 2.37. The Labute approximate surface area is 118 Å². The number of hydrogen-bond donors (Lipinski definition) is 2. The van der Waals surface area contributed by atoms with Gasteiger partial charge in [0.25, 0.3) is 0 Å². The maximum atomic E-state index is 9.86. The minimum absolute atomic E-state index is 0.175. The Hall–Kier alpha value is -0.670. The normalized spacial score (nSPS) is 27.5. The molecule has 0 aliphatic carbocycles. The molecule has 0 amide bonds. The molecule has 0 spiro atoms. The molecular weight excluding hydrogens is 286 g/mol. The van der Waals surface area contributed by atoms with E-state index in [4.69, 9.17) is 4.74 Å². The molecule has 1 saturated heterocycles. The van der Waals surface area contributed by atoms with Gasteiger partial charge in [-0.15, -0.1) is 0 Å². The van der Waals surface area contributed by atoms with Gasteiger partial charge in [0.1, 0.15) is 22.7 Å². The van der Waals surface area contributed by atoms with Gasteiger partial charge < -0.3 is 14.9 Å². The Bertz CT molecular complexity index is 597. The Balaban J connectivity index is 2.04. The number of hydrogen-bond acceptors (Lipinski definition) is 7. The van der Waals surface area contributed by atoms with Crippen molar-refractivity contribution in [2.45, 2.75) is 36.9 Å². The second kappa shape index (κ2) is 5.02. The van der Waals surface area contributed by atoms with E-state index in [0.717, 1.165) is 21.2 Å². The van der Waals surface area contributed by atoms with Crippen LogP contribution in [0.3, 0.4) is 0 Å². The van der Waals surface area contributed by atoms with E-state index < -0.39 is 12.2 Å². The Morgan fingerprint density at radius 2 is 2.37 bits per heavy atom. The second-order valence-electron chi connectivity index (χ2n) is 4.51. The first kappa shape index (κ1) is 13.3. The fraction of sp³-hybridized carbons (Fsp3) is 0.636. The highest BCUT2D eigenvalue weighted by atomic mass is 32.2. The first-order chi connectivity index (χ1) is 9.15. The molecule has 6 nitrogen and oxygen atoms in total. The number of aromatic nitrogens is 3. The molecule has 19 heavy (non-hydrogen) atoms. The number of fused-ring (bicyclic) bond motifs is 1. The van der Waals surface area contributed by atoms with Crippen LogP contribution in [0.15, 0.2) is 5.16 Å². The van der Waals surface area contributed by atoms with E-state index in [9.17, 15) is 10.2 Å². The van der Waals surface area contributed by atoms with E-state index in [1.54, 1.807) is 0 Å². The van der Waals surface area contributed by atoms with Crippen LogP contribution >= 0.6 is 23.3 Å². The lowest BCUT2D eigenvalue weighted by atomic mass is 10.2. The third kappa shape index (κ3) is 2.07. The van der Waals surface area contributed by atoms with Crippen LogP contribution in [-0.4, -0.2) is 49.2 Å². The molecule has 8 heteroatoms. The van der Waals surface area contributed by atoms with E-state index in [2.05, 4.69) is 9.36 Å². The number of aliphatic hydroxyl groups excluding tert-OH is 2. The number of rotatable bonds is 3. The van der Waals surface area contributed by atoms with Gasteiger partial charge in [-0.1, -0.05) is 11.8 Å². The largest absolute Gasteiger partial charge is 0.394 e. The van der Waals surface area contributed by atoms with Crippen molar-refractivity contribution in [3.8, 4) is 0 Å². The van der Waals surface area contributed by atoms with E-state index in [1.807, 2.05) is 17.7 Å². The third-order valence-electron chi connectivity index (χ3n) is 3.30. The molecule has 2 N–H and O–H groups in total. The molecule has 3 atom stereocenters. The highest BCUT2D eigenvalue weighted by molar-refractivity contribution is 7.98. The van der Waals surface area contributed by atoms with E-state index >= 15 is 0 Å². The van der Waals surface area contributed by atoms with Gasteiger partial charge in [-0.05, 0) is 24.7 Å². The molecule has 1 aliphatic rings. The van der Waals surface area contributed by atoms with Crippen LogP contribution in [0.25, 0.3) is 10.3 Å². The molecular formula is C11H15N3O3S2. The summed E-state index contributed by atoms with van der Waals surface area (Å²) in [5, 5.41) is 19.9. The van der Waals surface area contributed by atoms with Crippen LogP contribution in [-0.2, 0) is 4.74 Å². The minimum atomic E-state index is -0.642. The standard InChI is InChI=1S/C11H15N3O3S2/c1-5-9-10(19-13-5)14(11(12-9)18-2)8-3-6(16)7(4-15)17-8/h6-8,15-16H,3-4H2,1-2H3/t6-,7+,8+/m0/s1. The molecule has 2 aromatic heterocycles. The molecule has 0 saturated carbocycles. The summed E-state index contributed by atoms with van der Waals surface area (Å²) in [6.45, 7) is 1.76. The minimum Gasteiger partial charge on any atom is -0.394 e. The Morgan fingerprint density at radius 1 is 1.58 bits per heavy atom. The Kier molecular flexibility index (Phi) is 3.52. The third-order valence-corrected chi connectivity index (χ3v) is 4.88. The number of ether oxygens (including phenoxy) is 1. The number of aryl methyl sites for hydroxylation is 1. The van der Waals surface area contributed by atoms with E-state index in [1.165, 1.54) is 23.3 Å². The number of nitrogens with zero attached hydrogens (tertiary/aromatic N) is 3. The lowest BCUT2D eigenvalue weighted by molar-refractivity contribution is -0.0454. The van der Waals surface area contributed by atoms with Crippen molar-refractivity contribution >= 4 is 33.6 Å². The SMILES string of the molecule is CSc1nc2c(C)nsc2n1[C@H]1C[C@H](O)[C@@H](CO)O1. The smallest absolute Gasteiger partial charge is 0.171 e. The van der Waals surface area contributed by atoms with Crippen molar-refractivity contribution in [1.82, 2.24) is 13.9 Å². The van der Waals surface area contributed by atoms with Crippen LogP contribution in [0.2, 0.25) is 0 Å². The summed E-state index contributed by atoms with van der Waals surface area (Å²) >= 11 is 2.92. The zero-order chi connectivity index (χ0) is 13.6. The van der Waals surface area contributed by atoms with Gasteiger partial charge in [-0.2, -0.15) is 4.37 Å². The van der Waals surface area contributed by atoms with Crippen LogP contribution in [0.4, 0.5) is 0 Å². The summed E-state index contributed by atoms with van der Waals surface area (Å²) in [6, 6.07) is 0. The molecule has 1 aliphatic heterocycles. The van der Waals surface area contributed by atoms with Gasteiger partial charge in [0.15, 0.2) is 5.16 Å². The first-order valence-corrected chi connectivity index (χ1v) is 7.98. The lowest BCUT2D eigenvalue weighted by Gasteiger charge is -2.15. The summed E-state index contributed by atoms with van der Waals surface area (Å²) in [6.07, 6.45) is 0.961. The highest BCUT2D eigenvalue weighted by Gasteiger charge is 2.36. The summed E-state index contributed by atoms with van der Waals surface area (Å²) in [5.74, 6) is 0. The summed E-state index contributed by atoms with van der Waals surface area (Å²) in [7, 11) is 0. The molecule has 0 bridgehead atoms. The van der Waals surface area contributed by atoms with Crippen LogP contribution in [0.5, 0.6) is 0 Å². The topological polar surface area (TPSA) is 80.4 Å². The average molecular weight is 301 g/mol. The molecule has 3 heterocycles. The number of imidazole rings is 1. The van der Waals surface area contributed by atoms with Gasteiger partial charge in [0.2, 0.25) is 0 Å². The Morgan fingerprint density at radius 3 is 3.00 bits per heavy atom. The monoisotopic (exact) mass is 301 g/mol. The molecule has 3 rings (SSSR count). The van der Waals surface area contributed by atoms with Crippen LogP contribution < -0.4 is 0 Å². The summed E-state index contributed by atoms with van der Waals surface area (Å²) in [5.41, 5.74) is 1.80. The molecule has 0 unspecified atom stereocenters. The van der Waals surface area contributed by atoms with Crippen molar-refractivity contribution in [3.05, 3.63) is 5.69 Å². The van der Waals surface area contributed by atoms with Crippen molar-refractivity contribution < 1.29 is 14.9 Å². The number of thioether (sulfide) groups is 1. The molecule has 1 fully saturated rings. The van der Waals surface area contributed by atoms with Crippen molar-refractivity contribution in [2.75, 3.05) is 12.9 Å². The second-order valence-corrected chi connectivity index (χ2v) is 6.03. The van der Waals surface area contributed by atoms with Crippen molar-refractivity contribution in [1.29, 1.82) is 0 Å². The van der Waals surface area contributed by atoms with E-state index in [-0.39, 0.29) is 12.8 Å². The maximum absolute atomic E-state index is 9.86. The zero-order valence-corrected chi connectivity index (χ0v) is 12.2. The quantitative estimate of drug-likeness (QED) is 0.828. The van der Waals surface area contributed by atoms with Gasteiger partial charge >= 0.3 is 0 Å². The molecule has 2 aromatic rings. The number of aliphatic hydroxyl groups is 2. The fourth-order valence-electron chi connectivity index (χ4n) is 2.31. The average Bonchev–Trinajstić information content (AvgIpc) is 3.04. The summed E-state index contributed by atoms with van der Waals surface area (Å²) in [4.78, 5) is 5.52. The zero-order valence-electron chi connectivity index (χ0n) is 10.6. The van der Waals surface area contributed by atoms with Gasteiger partial charge in [-0.25, -0.2) is 4.98 Å². The predicted octanol–water partition coefficient (Wildman–Crippen LogP) is 1.16. The lowest BCUT2D eigenvalue weighted by Crippen LogP contribution is -2.24. The van der Waals surface area contributed by atoms with Crippen molar-refractivity contribution in [2.24, 2.45) is 0 Å². The maximum Gasteiger partial charge on any atom is 0.171 e. The summed E-state index contributed by atoms with van der Waals surface area (Å²) < 4.78 is 12.0. The molecule has 0 radical (unpaired) electrons.